The first-order chi connectivity index (χ1) is 22.8. The summed E-state index contributed by atoms with van der Waals surface area (Å²) in [6, 6.07) is 21.3. The lowest BCUT2D eigenvalue weighted by molar-refractivity contribution is -0.132. The highest BCUT2D eigenvalue weighted by atomic mass is 35.5. The number of nitrogens with one attached hydrogen (secondary N) is 1. The molecule has 0 unspecified atom stereocenters. The fraction of sp³-hybridized carbons (Fsp3) is 0.405. The van der Waals surface area contributed by atoms with Crippen LogP contribution >= 0.6 is 23.2 Å². The van der Waals surface area contributed by atoms with Gasteiger partial charge in [0.05, 0.1) is 43.0 Å². The van der Waals surface area contributed by atoms with Crippen molar-refractivity contribution in [3.05, 3.63) is 99.0 Å². The summed E-state index contributed by atoms with van der Waals surface area (Å²) in [4.78, 5) is 30.8. The number of nitrogens with zero attached hydrogens (tertiary/aromatic N) is 2. The minimum atomic E-state index is -0.267. The van der Waals surface area contributed by atoms with Gasteiger partial charge in [-0.1, -0.05) is 65.7 Å². The largest absolute Gasteiger partial charge is 0.496 e. The molecule has 0 spiro atoms. The van der Waals surface area contributed by atoms with Crippen molar-refractivity contribution < 1.29 is 23.8 Å². The van der Waals surface area contributed by atoms with E-state index in [-0.39, 0.29) is 29.9 Å². The van der Waals surface area contributed by atoms with E-state index in [0.717, 1.165) is 58.6 Å². The Hall–Kier alpha value is -3.56. The lowest BCUT2D eigenvalue weighted by Gasteiger charge is -2.44. The van der Waals surface area contributed by atoms with E-state index in [9.17, 15) is 9.59 Å². The Labute approximate surface area is 286 Å². The lowest BCUT2D eigenvalue weighted by Crippen LogP contribution is -2.61. The number of carbonyl (C=O) groups excluding carboxylic acids is 2. The number of ether oxygens (including phenoxy) is 3. The van der Waals surface area contributed by atoms with Gasteiger partial charge in [-0.3, -0.25) is 9.59 Å². The molecule has 8 nitrogen and oxygen atoms in total. The van der Waals surface area contributed by atoms with Crippen molar-refractivity contribution in [1.82, 2.24) is 15.1 Å². The van der Waals surface area contributed by atoms with Crippen molar-refractivity contribution >= 4 is 40.6 Å². The third-order valence-corrected chi connectivity index (χ3v) is 9.91. The zero-order valence-corrected chi connectivity index (χ0v) is 28.4. The van der Waals surface area contributed by atoms with E-state index < -0.39 is 0 Å². The van der Waals surface area contributed by atoms with Gasteiger partial charge in [0.15, 0.2) is 0 Å². The highest BCUT2D eigenvalue weighted by Gasteiger charge is 2.43. The van der Waals surface area contributed by atoms with Crippen LogP contribution in [0.25, 0.3) is 5.57 Å². The number of methoxy groups -OCH3 is 1. The smallest absolute Gasteiger partial charge is 0.252 e. The predicted molar refractivity (Wildman–Crippen MR) is 184 cm³/mol. The zero-order chi connectivity index (χ0) is 32.9. The van der Waals surface area contributed by atoms with Crippen LogP contribution in [0.15, 0.2) is 72.3 Å². The summed E-state index contributed by atoms with van der Waals surface area (Å²) in [7, 11) is 1.66. The third kappa shape index (κ3) is 7.95. The molecule has 3 aliphatic rings. The summed E-state index contributed by atoms with van der Waals surface area (Å²) < 4.78 is 17.2. The molecule has 0 radical (unpaired) electrons. The monoisotopic (exact) mass is 677 g/mol. The van der Waals surface area contributed by atoms with E-state index in [2.05, 4.69) is 5.32 Å². The van der Waals surface area contributed by atoms with Crippen molar-refractivity contribution in [2.45, 2.75) is 63.9 Å². The quantitative estimate of drug-likeness (QED) is 0.208. The molecule has 47 heavy (non-hydrogen) atoms. The Morgan fingerprint density at radius 3 is 2.47 bits per heavy atom. The second-order valence-corrected chi connectivity index (χ2v) is 13.2. The van der Waals surface area contributed by atoms with Gasteiger partial charge in [-0.2, -0.15) is 0 Å². The number of benzene rings is 3. The van der Waals surface area contributed by atoms with Gasteiger partial charge in [0.2, 0.25) is 5.91 Å². The molecule has 6 rings (SSSR count). The van der Waals surface area contributed by atoms with Gasteiger partial charge in [-0.25, -0.2) is 0 Å². The van der Waals surface area contributed by atoms with Crippen LogP contribution < -0.4 is 14.8 Å². The minimum Gasteiger partial charge on any atom is -0.496 e. The van der Waals surface area contributed by atoms with Crippen molar-refractivity contribution in [3.63, 3.8) is 0 Å². The lowest BCUT2D eigenvalue weighted by atomic mass is 9.82. The fourth-order valence-electron chi connectivity index (χ4n) is 6.49. The second-order valence-electron chi connectivity index (χ2n) is 12.4. The number of fused-ring (bicyclic) bond motifs is 2. The van der Waals surface area contributed by atoms with Crippen LogP contribution in [0, 0.1) is 0 Å². The van der Waals surface area contributed by atoms with Gasteiger partial charge in [-0.15, -0.1) is 0 Å². The normalized spacial score (nSPS) is 19.0. The Kier molecular flexibility index (Phi) is 10.7. The van der Waals surface area contributed by atoms with E-state index in [1.54, 1.807) is 20.1 Å². The molecule has 3 aromatic carbocycles. The Morgan fingerprint density at radius 1 is 0.957 bits per heavy atom. The molecule has 1 N–H and O–H groups in total. The van der Waals surface area contributed by atoms with E-state index in [1.807, 2.05) is 70.5 Å². The summed E-state index contributed by atoms with van der Waals surface area (Å²) in [5.41, 5.74) is 4.57. The SMILES string of the molecule is COc1ccccc1COCCCOc1ccc(C2=C(C(=O)N(Cc3cccc(Cl)c3Cl)C3CC3)[C@H]3CN(C(C)=O)C[C@@H](C2)N3)cc1. The molecule has 248 valence electrons. The summed E-state index contributed by atoms with van der Waals surface area (Å²) in [5.74, 6) is 1.59. The predicted octanol–water partition coefficient (Wildman–Crippen LogP) is 6.53. The number of rotatable bonds is 13. The van der Waals surface area contributed by atoms with Gasteiger partial charge < -0.3 is 29.3 Å². The molecule has 2 aliphatic heterocycles. The summed E-state index contributed by atoms with van der Waals surface area (Å²) in [6.07, 6.45) is 3.28. The molecule has 10 heteroatoms. The number of para-hydroxylation sites is 1. The van der Waals surface area contributed by atoms with Crippen LogP contribution in [-0.2, 0) is 27.5 Å². The Balaban J connectivity index is 1.17. The number of hydrogen-bond acceptors (Lipinski definition) is 6. The molecule has 0 aromatic heterocycles. The maximum atomic E-state index is 14.6. The molecular formula is C37H41Cl2N3O5. The van der Waals surface area contributed by atoms with Crippen LogP contribution in [0.4, 0.5) is 0 Å². The standard InChI is InChI=1S/C37H41Cl2N3O5/c1-24(43)41-21-28-19-31(25-11-15-30(16-12-25)47-18-6-17-46-23-27-7-3-4-10-34(27)45-2)35(33(22-41)40-28)37(44)42(29-13-14-29)20-26-8-5-9-32(38)36(26)39/h3-5,7-12,15-16,28-29,33,40H,6,13-14,17-23H2,1-2H3/t28-,33-/m1/s1. The van der Waals surface area contributed by atoms with Gasteiger partial charge in [-0.05, 0) is 60.2 Å². The molecule has 3 aromatic rings. The second kappa shape index (κ2) is 15.1. The first kappa shape index (κ1) is 33.3. The molecule has 1 saturated heterocycles. The molecular weight excluding hydrogens is 637 g/mol. The van der Waals surface area contributed by atoms with Crippen molar-refractivity contribution in [3.8, 4) is 11.5 Å². The topological polar surface area (TPSA) is 80.3 Å². The van der Waals surface area contributed by atoms with E-state index in [1.165, 1.54) is 0 Å². The third-order valence-electron chi connectivity index (χ3n) is 9.06. The van der Waals surface area contributed by atoms with Gasteiger partial charge in [0, 0.05) is 56.2 Å². The average molecular weight is 679 g/mol. The Bertz CT molecular complexity index is 1620. The maximum absolute atomic E-state index is 14.6. The summed E-state index contributed by atoms with van der Waals surface area (Å²) >= 11 is 12.9. The van der Waals surface area contributed by atoms with E-state index in [0.29, 0.717) is 55.9 Å². The Morgan fingerprint density at radius 2 is 1.72 bits per heavy atom. The van der Waals surface area contributed by atoms with Gasteiger partial charge in [0.1, 0.15) is 11.5 Å². The first-order valence-corrected chi connectivity index (χ1v) is 17.0. The van der Waals surface area contributed by atoms with Crippen LogP contribution in [0.3, 0.4) is 0 Å². The van der Waals surface area contributed by atoms with Crippen LogP contribution in [-0.4, -0.2) is 73.2 Å². The fourth-order valence-corrected chi connectivity index (χ4v) is 6.87. The number of piperazine rings is 1. The van der Waals surface area contributed by atoms with Gasteiger partial charge >= 0.3 is 0 Å². The molecule has 2 fully saturated rings. The molecule has 1 saturated carbocycles. The molecule has 2 bridgehead atoms. The van der Waals surface area contributed by atoms with E-state index >= 15 is 0 Å². The van der Waals surface area contributed by atoms with Crippen molar-refractivity contribution in [2.75, 3.05) is 33.4 Å². The highest BCUT2D eigenvalue weighted by molar-refractivity contribution is 6.42. The highest BCUT2D eigenvalue weighted by Crippen LogP contribution is 2.38. The maximum Gasteiger partial charge on any atom is 0.252 e. The number of halogens is 2. The summed E-state index contributed by atoms with van der Waals surface area (Å²) in [5, 5.41) is 4.60. The van der Waals surface area contributed by atoms with Crippen LogP contribution in [0.5, 0.6) is 11.5 Å². The minimum absolute atomic E-state index is 0.0201. The first-order valence-electron chi connectivity index (χ1n) is 16.2. The zero-order valence-electron chi connectivity index (χ0n) is 26.8. The van der Waals surface area contributed by atoms with Crippen molar-refractivity contribution in [2.24, 2.45) is 0 Å². The molecule has 2 heterocycles. The van der Waals surface area contributed by atoms with Crippen molar-refractivity contribution in [1.29, 1.82) is 0 Å². The van der Waals surface area contributed by atoms with Crippen LogP contribution in [0.2, 0.25) is 10.0 Å². The number of hydrogen-bond donors (Lipinski definition) is 1. The number of carbonyl (C=O) groups is 2. The number of amides is 2. The molecule has 2 atom stereocenters. The average Bonchev–Trinajstić information content (AvgIpc) is 3.92. The molecule has 1 aliphatic carbocycles. The summed E-state index contributed by atoms with van der Waals surface area (Å²) in [6.45, 7) is 4.61. The molecule has 2 amide bonds. The van der Waals surface area contributed by atoms with Crippen LogP contribution in [0.1, 0.15) is 49.3 Å². The van der Waals surface area contributed by atoms with Gasteiger partial charge in [0.25, 0.3) is 5.91 Å². The van der Waals surface area contributed by atoms with E-state index in [4.69, 9.17) is 37.4 Å².